The highest BCUT2D eigenvalue weighted by Gasteiger charge is 2.14. The van der Waals surface area contributed by atoms with E-state index in [0.29, 0.717) is 25.8 Å². The summed E-state index contributed by atoms with van der Waals surface area (Å²) in [5.74, 6) is 0.0588. The fraction of sp³-hybridized carbons (Fsp3) is 0.917. The Morgan fingerprint density at radius 1 is 1.31 bits per heavy atom. The van der Waals surface area contributed by atoms with Gasteiger partial charge in [0.05, 0.1) is 19.3 Å². The lowest BCUT2D eigenvalue weighted by molar-refractivity contribution is -0.120. The molecule has 0 saturated heterocycles. The monoisotopic (exact) mass is 228 g/mol. The molecule has 16 heavy (non-hydrogen) atoms. The third-order valence-electron chi connectivity index (χ3n) is 2.79. The maximum Gasteiger partial charge on any atom is 0.234 e. The van der Waals surface area contributed by atoms with E-state index in [1.54, 1.807) is 0 Å². The molecule has 0 bridgehead atoms. The fourth-order valence-electron chi connectivity index (χ4n) is 1.91. The molecule has 0 atom stereocenters. The van der Waals surface area contributed by atoms with Crippen LogP contribution in [0, 0.1) is 0 Å². The topological polar surface area (TPSA) is 50.4 Å². The first-order valence-corrected chi connectivity index (χ1v) is 6.42. The molecule has 1 rings (SSSR count). The van der Waals surface area contributed by atoms with Gasteiger partial charge in [0.25, 0.3) is 0 Å². The van der Waals surface area contributed by atoms with Crippen molar-refractivity contribution in [2.75, 3.05) is 26.2 Å². The molecule has 0 aromatic rings. The van der Waals surface area contributed by atoms with E-state index in [-0.39, 0.29) is 5.91 Å². The first kappa shape index (κ1) is 13.5. The van der Waals surface area contributed by atoms with E-state index in [1.807, 2.05) is 0 Å². The Morgan fingerprint density at radius 3 is 2.75 bits per heavy atom. The lowest BCUT2D eigenvalue weighted by Crippen LogP contribution is -2.36. The third kappa shape index (κ3) is 6.08. The van der Waals surface area contributed by atoms with Crippen LogP contribution >= 0.6 is 0 Å². The Balaban J connectivity index is 1.87. The highest BCUT2D eigenvalue weighted by molar-refractivity contribution is 5.77. The second-order valence-electron chi connectivity index (χ2n) is 4.30. The molecule has 0 spiro atoms. The van der Waals surface area contributed by atoms with E-state index in [4.69, 9.17) is 4.74 Å². The Bertz CT molecular complexity index is 191. The van der Waals surface area contributed by atoms with Crippen LogP contribution < -0.4 is 10.6 Å². The van der Waals surface area contributed by atoms with Crippen molar-refractivity contribution < 1.29 is 9.53 Å². The molecule has 0 aromatic heterocycles. The van der Waals surface area contributed by atoms with Crippen molar-refractivity contribution in [3.8, 4) is 0 Å². The Morgan fingerprint density at radius 2 is 2.06 bits per heavy atom. The van der Waals surface area contributed by atoms with Gasteiger partial charge in [-0.1, -0.05) is 19.8 Å². The van der Waals surface area contributed by atoms with Gasteiger partial charge in [0, 0.05) is 6.54 Å². The second kappa shape index (κ2) is 8.53. The van der Waals surface area contributed by atoms with Gasteiger partial charge >= 0.3 is 0 Å². The summed E-state index contributed by atoms with van der Waals surface area (Å²) in [5, 5.41) is 5.90. The molecule has 1 saturated carbocycles. The van der Waals surface area contributed by atoms with Crippen molar-refractivity contribution in [1.29, 1.82) is 0 Å². The largest absolute Gasteiger partial charge is 0.376 e. The zero-order valence-electron chi connectivity index (χ0n) is 10.3. The first-order chi connectivity index (χ1) is 7.83. The summed E-state index contributed by atoms with van der Waals surface area (Å²) in [4.78, 5) is 11.3. The van der Waals surface area contributed by atoms with Crippen molar-refractivity contribution in [2.24, 2.45) is 0 Å². The average molecular weight is 228 g/mol. The summed E-state index contributed by atoms with van der Waals surface area (Å²) in [6, 6.07) is 0. The van der Waals surface area contributed by atoms with Gasteiger partial charge in [-0.3, -0.25) is 4.79 Å². The van der Waals surface area contributed by atoms with Crippen molar-refractivity contribution in [2.45, 2.75) is 45.1 Å². The molecule has 0 aliphatic heterocycles. The molecule has 0 aromatic carbocycles. The van der Waals surface area contributed by atoms with Gasteiger partial charge in [-0.05, 0) is 25.8 Å². The summed E-state index contributed by atoms with van der Waals surface area (Å²) in [5.41, 5.74) is 0. The molecular weight excluding hydrogens is 204 g/mol. The van der Waals surface area contributed by atoms with Gasteiger partial charge in [0.2, 0.25) is 5.91 Å². The van der Waals surface area contributed by atoms with Gasteiger partial charge in [0.15, 0.2) is 0 Å². The van der Waals surface area contributed by atoms with Crippen LogP contribution in [-0.2, 0) is 9.53 Å². The molecule has 1 amide bonds. The van der Waals surface area contributed by atoms with Crippen LogP contribution in [0.2, 0.25) is 0 Å². The van der Waals surface area contributed by atoms with E-state index in [1.165, 1.54) is 25.7 Å². The summed E-state index contributed by atoms with van der Waals surface area (Å²) >= 11 is 0. The zero-order valence-corrected chi connectivity index (χ0v) is 10.3. The van der Waals surface area contributed by atoms with Crippen LogP contribution in [0.15, 0.2) is 0 Å². The minimum absolute atomic E-state index is 0.0588. The zero-order chi connectivity index (χ0) is 11.6. The molecule has 0 radical (unpaired) electrons. The lowest BCUT2D eigenvalue weighted by Gasteiger charge is -2.11. The van der Waals surface area contributed by atoms with Crippen molar-refractivity contribution in [3.63, 3.8) is 0 Å². The Labute approximate surface area is 98.1 Å². The van der Waals surface area contributed by atoms with Crippen LogP contribution in [0.5, 0.6) is 0 Å². The van der Waals surface area contributed by atoms with Crippen LogP contribution in [0.25, 0.3) is 0 Å². The molecule has 1 aliphatic carbocycles. The number of nitrogens with one attached hydrogen (secondary N) is 2. The number of hydrogen-bond donors (Lipinski definition) is 2. The average Bonchev–Trinajstić information content (AvgIpc) is 2.78. The van der Waals surface area contributed by atoms with Crippen molar-refractivity contribution in [3.05, 3.63) is 0 Å². The van der Waals surface area contributed by atoms with Crippen molar-refractivity contribution in [1.82, 2.24) is 10.6 Å². The molecule has 4 heteroatoms. The van der Waals surface area contributed by atoms with Gasteiger partial charge in [-0.25, -0.2) is 0 Å². The number of hydrogen-bond acceptors (Lipinski definition) is 3. The molecule has 4 nitrogen and oxygen atoms in total. The predicted molar refractivity (Wildman–Crippen MR) is 64.4 cm³/mol. The first-order valence-electron chi connectivity index (χ1n) is 6.42. The van der Waals surface area contributed by atoms with E-state index < -0.39 is 0 Å². The fourth-order valence-corrected chi connectivity index (χ4v) is 1.91. The van der Waals surface area contributed by atoms with E-state index in [9.17, 15) is 4.79 Å². The molecule has 0 unspecified atom stereocenters. The molecule has 1 aliphatic rings. The van der Waals surface area contributed by atoms with Gasteiger partial charge in [-0.2, -0.15) is 0 Å². The van der Waals surface area contributed by atoms with Gasteiger partial charge in [-0.15, -0.1) is 0 Å². The van der Waals surface area contributed by atoms with E-state index in [2.05, 4.69) is 17.6 Å². The summed E-state index contributed by atoms with van der Waals surface area (Å²) in [7, 11) is 0. The minimum atomic E-state index is 0.0588. The molecule has 2 N–H and O–H groups in total. The van der Waals surface area contributed by atoms with Crippen molar-refractivity contribution >= 4 is 5.91 Å². The summed E-state index contributed by atoms with van der Waals surface area (Å²) in [6.45, 7) is 4.66. The smallest absolute Gasteiger partial charge is 0.234 e. The number of ether oxygens (including phenoxy) is 1. The summed E-state index contributed by atoms with van der Waals surface area (Å²) < 4.78 is 5.64. The quantitative estimate of drug-likeness (QED) is 0.611. The van der Waals surface area contributed by atoms with E-state index in [0.717, 1.165) is 13.0 Å². The highest BCUT2D eigenvalue weighted by atomic mass is 16.5. The van der Waals surface area contributed by atoms with Gasteiger partial charge in [0.1, 0.15) is 0 Å². The highest BCUT2D eigenvalue weighted by Crippen LogP contribution is 2.20. The number of carbonyl (C=O) groups excluding carboxylic acids is 1. The molecule has 94 valence electrons. The van der Waals surface area contributed by atoms with Crippen LogP contribution in [0.1, 0.15) is 39.0 Å². The molecular formula is C12H24N2O2. The van der Waals surface area contributed by atoms with Gasteiger partial charge < -0.3 is 15.4 Å². The predicted octanol–water partition coefficient (Wildman–Crippen LogP) is 1.06. The van der Waals surface area contributed by atoms with Crippen LogP contribution in [-0.4, -0.2) is 38.3 Å². The number of carbonyl (C=O) groups is 1. The second-order valence-corrected chi connectivity index (χ2v) is 4.30. The normalized spacial score (nSPS) is 16.6. The molecule has 0 heterocycles. The van der Waals surface area contributed by atoms with E-state index >= 15 is 0 Å². The Hall–Kier alpha value is -0.610. The summed E-state index contributed by atoms with van der Waals surface area (Å²) in [6.07, 6.45) is 6.45. The van der Waals surface area contributed by atoms with Crippen LogP contribution in [0.4, 0.5) is 0 Å². The maximum atomic E-state index is 11.3. The minimum Gasteiger partial charge on any atom is -0.376 e. The standard InChI is InChI=1S/C12H24N2O2/c1-2-7-13-10-12(15)14-8-9-16-11-5-3-4-6-11/h11,13H,2-10H2,1H3,(H,14,15). The lowest BCUT2D eigenvalue weighted by atomic mass is 10.3. The van der Waals surface area contributed by atoms with Crippen LogP contribution in [0.3, 0.4) is 0 Å². The third-order valence-corrected chi connectivity index (χ3v) is 2.79. The number of amides is 1. The maximum absolute atomic E-state index is 11.3. The SMILES string of the molecule is CCCNCC(=O)NCCOC1CCCC1. The molecule has 1 fully saturated rings. The number of rotatable bonds is 8. The Kier molecular flexibility index (Phi) is 7.17.